The molecule has 0 amide bonds. The third-order valence-electron chi connectivity index (χ3n) is 3.13. The highest BCUT2D eigenvalue weighted by molar-refractivity contribution is 4.94. The third kappa shape index (κ3) is 2.94. The second-order valence-corrected chi connectivity index (χ2v) is 3.57. The van der Waals surface area contributed by atoms with E-state index in [2.05, 4.69) is 18.7 Å². The topological polar surface area (TPSA) is 38.5 Å². The van der Waals surface area contributed by atoms with Crippen molar-refractivity contribution in [3.8, 4) is 0 Å². The van der Waals surface area contributed by atoms with Gasteiger partial charge in [0.1, 0.15) is 0 Å². The van der Waals surface area contributed by atoms with E-state index in [1.165, 1.54) is 19.4 Å². The molecular formula is C11H26N2O. The maximum Gasteiger partial charge on any atom is 0.0863 e. The van der Waals surface area contributed by atoms with Crippen LogP contribution in [0.5, 0.6) is 0 Å². The van der Waals surface area contributed by atoms with Crippen molar-refractivity contribution in [2.75, 3.05) is 19.7 Å². The summed E-state index contributed by atoms with van der Waals surface area (Å²) in [6.45, 7) is 11.4. The molecule has 2 N–H and O–H groups in total. The van der Waals surface area contributed by atoms with Crippen molar-refractivity contribution in [2.45, 2.75) is 52.5 Å². The fourth-order valence-corrected chi connectivity index (χ4v) is 2.31. The average molecular weight is 202 g/mol. The van der Waals surface area contributed by atoms with E-state index in [0.29, 0.717) is 6.61 Å². The predicted octanol–water partition coefficient (Wildman–Crippen LogP) is 2.17. The molecule has 3 nitrogen and oxygen atoms in total. The predicted molar refractivity (Wildman–Crippen MR) is 61.0 cm³/mol. The molecule has 1 fully saturated rings. The molecule has 3 heteroatoms. The molecule has 0 spiro atoms. The lowest BCUT2D eigenvalue weighted by atomic mass is 9.94. The highest BCUT2D eigenvalue weighted by atomic mass is 16.6. The fourth-order valence-electron chi connectivity index (χ4n) is 2.31. The van der Waals surface area contributed by atoms with E-state index in [1.807, 2.05) is 13.8 Å². The van der Waals surface area contributed by atoms with Gasteiger partial charge in [-0.1, -0.05) is 27.7 Å². The van der Waals surface area contributed by atoms with Crippen molar-refractivity contribution in [2.24, 2.45) is 5.90 Å². The number of likely N-dealkylation sites (tertiary alicyclic amines) is 1. The Morgan fingerprint density at radius 1 is 1.36 bits per heavy atom. The van der Waals surface area contributed by atoms with E-state index in [-0.39, 0.29) is 5.54 Å². The van der Waals surface area contributed by atoms with Gasteiger partial charge in [0.2, 0.25) is 0 Å². The van der Waals surface area contributed by atoms with Crippen molar-refractivity contribution >= 4 is 0 Å². The number of rotatable bonds is 4. The first-order chi connectivity index (χ1) is 6.79. The molecule has 0 aliphatic carbocycles. The highest BCUT2D eigenvalue weighted by Crippen LogP contribution is 2.31. The van der Waals surface area contributed by atoms with Gasteiger partial charge in [0, 0.05) is 5.54 Å². The zero-order valence-corrected chi connectivity index (χ0v) is 10.2. The van der Waals surface area contributed by atoms with Crippen LogP contribution >= 0.6 is 0 Å². The molecule has 1 rings (SSSR count). The lowest BCUT2D eigenvalue weighted by Crippen LogP contribution is -2.47. The minimum atomic E-state index is 0.240. The summed E-state index contributed by atoms with van der Waals surface area (Å²) in [5.41, 5.74) is 0.240. The van der Waals surface area contributed by atoms with Crippen molar-refractivity contribution in [3.63, 3.8) is 0 Å². The zero-order valence-electron chi connectivity index (χ0n) is 10.2. The Hall–Kier alpha value is -0.120. The summed E-state index contributed by atoms with van der Waals surface area (Å²) in [7, 11) is 0. The molecule has 0 aromatic carbocycles. The first kappa shape index (κ1) is 13.9. The highest BCUT2D eigenvalue weighted by Gasteiger charge is 2.38. The van der Waals surface area contributed by atoms with Gasteiger partial charge in [-0.25, -0.2) is 5.90 Å². The molecular weight excluding hydrogens is 176 g/mol. The van der Waals surface area contributed by atoms with Gasteiger partial charge in [-0.05, 0) is 32.4 Å². The molecule has 1 saturated heterocycles. The van der Waals surface area contributed by atoms with E-state index in [9.17, 15) is 0 Å². The van der Waals surface area contributed by atoms with Crippen LogP contribution in [0, 0.1) is 0 Å². The molecule has 1 aliphatic heterocycles. The first-order valence-corrected chi connectivity index (χ1v) is 5.86. The Balaban J connectivity index is 0.000000791. The van der Waals surface area contributed by atoms with Crippen molar-refractivity contribution in [1.29, 1.82) is 0 Å². The summed E-state index contributed by atoms with van der Waals surface area (Å²) in [5, 5.41) is 0. The number of nitrogens with zero attached hydrogens (tertiary/aromatic N) is 1. The number of hydrogen-bond acceptors (Lipinski definition) is 3. The Morgan fingerprint density at radius 2 is 2.00 bits per heavy atom. The third-order valence-corrected chi connectivity index (χ3v) is 3.13. The summed E-state index contributed by atoms with van der Waals surface area (Å²) >= 11 is 0. The Bertz CT molecular complexity index is 141. The van der Waals surface area contributed by atoms with Crippen LogP contribution in [-0.2, 0) is 4.84 Å². The van der Waals surface area contributed by atoms with Gasteiger partial charge < -0.3 is 4.84 Å². The summed E-state index contributed by atoms with van der Waals surface area (Å²) in [6, 6.07) is 0. The van der Waals surface area contributed by atoms with E-state index in [4.69, 9.17) is 10.7 Å². The Labute approximate surface area is 88.6 Å². The summed E-state index contributed by atoms with van der Waals surface area (Å²) in [4.78, 5) is 7.30. The van der Waals surface area contributed by atoms with Crippen molar-refractivity contribution in [3.05, 3.63) is 0 Å². The number of nitrogens with two attached hydrogens (primary N) is 1. The molecule has 0 saturated carbocycles. The SMILES string of the molecule is CC.CCN1CCCC1(CC)CON. The van der Waals surface area contributed by atoms with Crippen molar-refractivity contribution < 1.29 is 4.84 Å². The van der Waals surface area contributed by atoms with Crippen LogP contribution < -0.4 is 5.90 Å². The minimum Gasteiger partial charge on any atom is -0.303 e. The minimum absolute atomic E-state index is 0.240. The van der Waals surface area contributed by atoms with Crippen LogP contribution in [0.15, 0.2) is 0 Å². The van der Waals surface area contributed by atoms with Crippen molar-refractivity contribution in [1.82, 2.24) is 4.90 Å². The summed E-state index contributed by atoms with van der Waals surface area (Å²) in [6.07, 6.45) is 3.65. The van der Waals surface area contributed by atoms with Gasteiger partial charge in [0.15, 0.2) is 0 Å². The zero-order chi connectivity index (χ0) is 11.0. The number of likely N-dealkylation sites (N-methyl/N-ethyl adjacent to an activating group) is 1. The largest absolute Gasteiger partial charge is 0.303 e. The van der Waals surface area contributed by atoms with Crippen LogP contribution in [0.25, 0.3) is 0 Å². The van der Waals surface area contributed by atoms with E-state index in [0.717, 1.165) is 13.0 Å². The first-order valence-electron chi connectivity index (χ1n) is 5.86. The maximum absolute atomic E-state index is 5.16. The molecule has 1 heterocycles. The quantitative estimate of drug-likeness (QED) is 0.710. The van der Waals surface area contributed by atoms with Gasteiger partial charge in [-0.2, -0.15) is 0 Å². The monoisotopic (exact) mass is 202 g/mol. The molecule has 0 bridgehead atoms. The molecule has 0 radical (unpaired) electrons. The van der Waals surface area contributed by atoms with Crippen LogP contribution in [0.4, 0.5) is 0 Å². The fraction of sp³-hybridized carbons (Fsp3) is 1.00. The second kappa shape index (κ2) is 7.21. The normalized spacial score (nSPS) is 27.2. The number of hydrogen-bond donors (Lipinski definition) is 1. The maximum atomic E-state index is 5.16. The van der Waals surface area contributed by atoms with Crippen LogP contribution in [0.2, 0.25) is 0 Å². The second-order valence-electron chi connectivity index (χ2n) is 3.57. The molecule has 14 heavy (non-hydrogen) atoms. The van der Waals surface area contributed by atoms with E-state index < -0.39 is 0 Å². The molecule has 86 valence electrons. The lowest BCUT2D eigenvalue weighted by molar-refractivity contribution is 0.0132. The Morgan fingerprint density at radius 3 is 2.43 bits per heavy atom. The smallest absolute Gasteiger partial charge is 0.0863 e. The van der Waals surface area contributed by atoms with Crippen LogP contribution in [0.3, 0.4) is 0 Å². The van der Waals surface area contributed by atoms with Crippen LogP contribution in [-0.4, -0.2) is 30.1 Å². The molecule has 1 atom stereocenters. The summed E-state index contributed by atoms with van der Waals surface area (Å²) < 4.78 is 0. The molecule has 0 aromatic heterocycles. The van der Waals surface area contributed by atoms with Crippen LogP contribution in [0.1, 0.15) is 47.0 Å². The molecule has 1 aliphatic rings. The molecule has 1 unspecified atom stereocenters. The van der Waals surface area contributed by atoms with E-state index in [1.54, 1.807) is 0 Å². The standard InChI is InChI=1S/C9H20N2O.C2H6/c1-3-9(8-12-10)6-5-7-11(9)4-2;1-2/h3-8,10H2,1-2H3;1-2H3. The van der Waals surface area contributed by atoms with Gasteiger partial charge in [0.05, 0.1) is 6.61 Å². The van der Waals surface area contributed by atoms with Gasteiger partial charge in [-0.3, -0.25) is 4.90 Å². The van der Waals surface area contributed by atoms with Gasteiger partial charge in [0.25, 0.3) is 0 Å². The van der Waals surface area contributed by atoms with E-state index >= 15 is 0 Å². The lowest BCUT2D eigenvalue weighted by Gasteiger charge is -2.36. The Kier molecular flexibility index (Phi) is 7.15. The average Bonchev–Trinajstić information content (AvgIpc) is 2.65. The van der Waals surface area contributed by atoms with Gasteiger partial charge >= 0.3 is 0 Å². The van der Waals surface area contributed by atoms with Gasteiger partial charge in [-0.15, -0.1) is 0 Å². The summed E-state index contributed by atoms with van der Waals surface area (Å²) in [5.74, 6) is 5.16. The molecule has 0 aromatic rings.